The predicted molar refractivity (Wildman–Crippen MR) is 76.9 cm³/mol. The summed E-state index contributed by atoms with van der Waals surface area (Å²) >= 11 is 0. The lowest BCUT2D eigenvalue weighted by Gasteiger charge is -2.13. The van der Waals surface area contributed by atoms with Crippen molar-refractivity contribution in [3.8, 4) is 0 Å². The van der Waals surface area contributed by atoms with Crippen molar-refractivity contribution in [3.63, 3.8) is 0 Å². The molecule has 0 aromatic carbocycles. The Balaban J connectivity index is 0. The molecule has 0 aromatic rings. The highest BCUT2D eigenvalue weighted by Gasteiger charge is 2.08. The minimum absolute atomic E-state index is 0.157. The van der Waals surface area contributed by atoms with Crippen LogP contribution in [0.5, 0.6) is 0 Å². The molecule has 0 spiro atoms. The highest BCUT2D eigenvalue weighted by Crippen LogP contribution is 2.13. The number of hydrogen-bond donors (Lipinski definition) is 1. The molecule has 0 aromatic heterocycles. The molecule has 0 bridgehead atoms. The summed E-state index contributed by atoms with van der Waals surface area (Å²) in [5, 5.41) is 7.60. The minimum atomic E-state index is -0.981. The normalized spacial score (nSPS) is 10.6. The Labute approximate surface area is 116 Å². The number of aliphatic carboxylic acids is 1. The van der Waals surface area contributed by atoms with E-state index in [1.165, 1.54) is 12.8 Å². The second-order valence-electron chi connectivity index (χ2n) is 4.13. The predicted octanol–water partition coefficient (Wildman–Crippen LogP) is 3.58. The first-order valence-corrected chi connectivity index (χ1v) is 6.63. The highest BCUT2D eigenvalue weighted by atomic mass is 16.5. The van der Waals surface area contributed by atoms with Gasteiger partial charge in [-0.05, 0) is 12.3 Å². The molecule has 0 aliphatic heterocycles. The average Bonchev–Trinajstić information content (AvgIpc) is 2.40. The quantitative estimate of drug-likeness (QED) is 0.395. The molecule has 1 unspecified atom stereocenters. The zero-order valence-corrected chi connectivity index (χ0v) is 12.1. The smallest absolute Gasteiger partial charge is 0.327 e. The maximum atomic E-state index is 11.0. The van der Waals surface area contributed by atoms with Gasteiger partial charge in [-0.15, -0.1) is 6.58 Å². The van der Waals surface area contributed by atoms with Crippen LogP contribution in [0.4, 0.5) is 0 Å². The molecule has 19 heavy (non-hydrogen) atoms. The van der Waals surface area contributed by atoms with E-state index in [2.05, 4.69) is 27.0 Å². The maximum Gasteiger partial charge on any atom is 0.327 e. The van der Waals surface area contributed by atoms with Crippen LogP contribution in [0.1, 0.15) is 46.0 Å². The van der Waals surface area contributed by atoms with Gasteiger partial charge in [-0.1, -0.05) is 45.8 Å². The van der Waals surface area contributed by atoms with Gasteiger partial charge in [-0.2, -0.15) is 0 Å². The molecule has 1 atom stereocenters. The van der Waals surface area contributed by atoms with E-state index >= 15 is 0 Å². The lowest BCUT2D eigenvalue weighted by molar-refractivity contribution is -0.144. The fraction of sp³-hybridized carbons (Fsp3) is 0.600. The summed E-state index contributed by atoms with van der Waals surface area (Å²) in [5.74, 6) is -0.608. The molecule has 0 saturated carbocycles. The number of carboxylic acids is 1. The Hall–Kier alpha value is -1.58. The molecule has 0 saturated heterocycles. The van der Waals surface area contributed by atoms with Crippen LogP contribution in [-0.2, 0) is 14.3 Å². The van der Waals surface area contributed by atoms with Gasteiger partial charge in [-0.25, -0.2) is 4.79 Å². The van der Waals surface area contributed by atoms with Crippen LogP contribution in [-0.4, -0.2) is 23.7 Å². The van der Waals surface area contributed by atoms with Crippen molar-refractivity contribution < 1.29 is 19.4 Å². The molecule has 0 amide bonds. The zero-order chi connectivity index (χ0) is 15.1. The molecule has 0 aliphatic rings. The van der Waals surface area contributed by atoms with Crippen LogP contribution in [0.15, 0.2) is 25.3 Å². The number of rotatable bonds is 9. The molecule has 4 nitrogen and oxygen atoms in total. The average molecular weight is 270 g/mol. The Kier molecular flexibility index (Phi) is 15.1. The third-order valence-corrected chi connectivity index (χ3v) is 2.51. The van der Waals surface area contributed by atoms with Crippen molar-refractivity contribution in [1.29, 1.82) is 0 Å². The molecule has 0 rings (SSSR count). The molecule has 0 radical (unpaired) electrons. The first-order valence-electron chi connectivity index (χ1n) is 6.63. The summed E-state index contributed by atoms with van der Waals surface area (Å²) in [6.07, 6.45) is 7.41. The number of carbonyl (C=O) groups is 2. The van der Waals surface area contributed by atoms with E-state index in [0.717, 1.165) is 18.9 Å². The molecule has 4 heteroatoms. The number of carbonyl (C=O) groups excluding carboxylic acids is 1. The highest BCUT2D eigenvalue weighted by molar-refractivity contribution is 5.78. The summed E-state index contributed by atoms with van der Waals surface area (Å²) in [7, 11) is 0. The first-order chi connectivity index (χ1) is 9.01. The Morgan fingerprint density at radius 1 is 1.32 bits per heavy atom. The molecule has 110 valence electrons. The van der Waals surface area contributed by atoms with Crippen molar-refractivity contribution >= 4 is 11.9 Å². The van der Waals surface area contributed by atoms with Crippen LogP contribution < -0.4 is 0 Å². The van der Waals surface area contributed by atoms with Crippen LogP contribution in [0.2, 0.25) is 0 Å². The van der Waals surface area contributed by atoms with Crippen LogP contribution >= 0.6 is 0 Å². The number of esters is 1. The summed E-state index contributed by atoms with van der Waals surface area (Å²) in [6.45, 7) is 11.3. The Bertz CT molecular complexity index is 271. The van der Waals surface area contributed by atoms with E-state index in [9.17, 15) is 9.59 Å². The van der Waals surface area contributed by atoms with Crippen molar-refractivity contribution in [3.05, 3.63) is 25.3 Å². The van der Waals surface area contributed by atoms with E-state index < -0.39 is 5.97 Å². The van der Waals surface area contributed by atoms with Gasteiger partial charge >= 0.3 is 11.9 Å². The number of ether oxygens (including phenoxy) is 1. The standard InChI is InChI=1S/C12H22O2.C3H4O2/c1-4-7-9-11(6-3)10-14-12(13)8-5-2;1-2-3(4)5/h5,11H,2,4,6-10H2,1,3H3;2H,1H2,(H,4,5). The molecule has 0 aliphatic carbocycles. The molecular formula is C15H26O4. The van der Waals surface area contributed by atoms with Gasteiger partial charge < -0.3 is 9.84 Å². The molecule has 0 fully saturated rings. The largest absolute Gasteiger partial charge is 0.478 e. The molecular weight excluding hydrogens is 244 g/mol. The summed E-state index contributed by atoms with van der Waals surface area (Å²) in [4.78, 5) is 20.3. The monoisotopic (exact) mass is 270 g/mol. The van der Waals surface area contributed by atoms with E-state index in [0.29, 0.717) is 18.9 Å². The SMILES string of the molecule is C=CC(=O)O.C=CCC(=O)OCC(CC)CCCC. The van der Waals surface area contributed by atoms with Crippen molar-refractivity contribution in [2.24, 2.45) is 5.92 Å². The van der Waals surface area contributed by atoms with E-state index in [4.69, 9.17) is 9.84 Å². The fourth-order valence-corrected chi connectivity index (χ4v) is 1.29. The van der Waals surface area contributed by atoms with Crippen molar-refractivity contribution in [2.45, 2.75) is 46.0 Å². The second kappa shape index (κ2) is 14.5. The zero-order valence-electron chi connectivity index (χ0n) is 12.1. The first kappa shape index (κ1) is 19.8. The topological polar surface area (TPSA) is 63.6 Å². The van der Waals surface area contributed by atoms with Crippen LogP contribution in [0, 0.1) is 5.92 Å². The van der Waals surface area contributed by atoms with Crippen LogP contribution in [0.3, 0.4) is 0 Å². The second-order valence-corrected chi connectivity index (χ2v) is 4.13. The number of hydrogen-bond acceptors (Lipinski definition) is 3. The van der Waals surface area contributed by atoms with Gasteiger partial charge in [0.1, 0.15) is 0 Å². The molecule has 1 N–H and O–H groups in total. The van der Waals surface area contributed by atoms with Crippen LogP contribution in [0.25, 0.3) is 0 Å². The Morgan fingerprint density at radius 3 is 2.26 bits per heavy atom. The third kappa shape index (κ3) is 16.4. The maximum absolute atomic E-state index is 11.0. The fourth-order valence-electron chi connectivity index (χ4n) is 1.29. The lowest BCUT2D eigenvalue weighted by atomic mass is 10.0. The number of carboxylic acid groups (broad SMARTS) is 1. The summed E-state index contributed by atoms with van der Waals surface area (Å²) in [6, 6.07) is 0. The molecule has 0 heterocycles. The minimum Gasteiger partial charge on any atom is -0.478 e. The van der Waals surface area contributed by atoms with Crippen molar-refractivity contribution in [2.75, 3.05) is 6.61 Å². The van der Waals surface area contributed by atoms with Gasteiger partial charge in [0.25, 0.3) is 0 Å². The summed E-state index contributed by atoms with van der Waals surface area (Å²) in [5.41, 5.74) is 0. The van der Waals surface area contributed by atoms with Gasteiger partial charge in [0, 0.05) is 6.08 Å². The van der Waals surface area contributed by atoms with Crippen molar-refractivity contribution in [1.82, 2.24) is 0 Å². The van der Waals surface area contributed by atoms with Gasteiger partial charge in [0.15, 0.2) is 0 Å². The lowest BCUT2D eigenvalue weighted by Crippen LogP contribution is -2.13. The summed E-state index contributed by atoms with van der Waals surface area (Å²) < 4.78 is 5.12. The number of unbranched alkanes of at least 4 members (excludes halogenated alkanes) is 1. The third-order valence-electron chi connectivity index (χ3n) is 2.51. The van der Waals surface area contributed by atoms with E-state index in [1.54, 1.807) is 6.08 Å². The van der Waals surface area contributed by atoms with Gasteiger partial charge in [0.05, 0.1) is 13.0 Å². The van der Waals surface area contributed by atoms with E-state index in [-0.39, 0.29) is 5.97 Å². The Morgan fingerprint density at radius 2 is 1.89 bits per heavy atom. The van der Waals surface area contributed by atoms with E-state index in [1.807, 2.05) is 0 Å². The van der Waals surface area contributed by atoms with Gasteiger partial charge in [-0.3, -0.25) is 4.79 Å². The van der Waals surface area contributed by atoms with Gasteiger partial charge in [0.2, 0.25) is 0 Å².